The third kappa shape index (κ3) is 3.09. The molecule has 25 heavy (non-hydrogen) atoms. The highest BCUT2D eigenvalue weighted by molar-refractivity contribution is 5.41. The van der Waals surface area contributed by atoms with Crippen LogP contribution in [0.3, 0.4) is 0 Å². The highest BCUT2D eigenvalue weighted by Gasteiger charge is 2.12. The fourth-order valence-electron chi connectivity index (χ4n) is 2.55. The van der Waals surface area contributed by atoms with Gasteiger partial charge in [-0.1, -0.05) is 35.4 Å². The molecule has 8 nitrogen and oxygen atoms in total. The van der Waals surface area contributed by atoms with Crippen LogP contribution in [0.25, 0.3) is 11.4 Å². The zero-order valence-corrected chi connectivity index (χ0v) is 13.6. The molecule has 0 amide bonds. The van der Waals surface area contributed by atoms with Gasteiger partial charge in [-0.05, 0) is 47.2 Å². The summed E-state index contributed by atoms with van der Waals surface area (Å²) >= 11 is 0. The fourth-order valence-corrected chi connectivity index (χ4v) is 2.55. The number of rotatable bonds is 5. The zero-order valence-electron chi connectivity index (χ0n) is 13.6. The van der Waals surface area contributed by atoms with Crippen LogP contribution in [0.5, 0.6) is 0 Å². The van der Waals surface area contributed by atoms with Crippen LogP contribution in [0.1, 0.15) is 18.5 Å². The first-order chi connectivity index (χ1) is 12.3. The molecule has 1 N–H and O–H groups in total. The van der Waals surface area contributed by atoms with Crippen LogP contribution >= 0.6 is 0 Å². The maximum atomic E-state index is 4.13. The van der Waals surface area contributed by atoms with Crippen LogP contribution in [0, 0.1) is 0 Å². The molecule has 0 fully saturated rings. The van der Waals surface area contributed by atoms with Gasteiger partial charge >= 0.3 is 0 Å². The molecule has 4 rings (SSSR count). The molecule has 2 heterocycles. The van der Waals surface area contributed by atoms with Gasteiger partial charge in [0.2, 0.25) is 5.95 Å². The van der Waals surface area contributed by atoms with Crippen molar-refractivity contribution in [2.45, 2.75) is 13.0 Å². The lowest BCUT2D eigenvalue weighted by Gasteiger charge is -2.15. The first-order valence-corrected chi connectivity index (χ1v) is 7.86. The number of nitrogens with one attached hydrogen (secondary N) is 1. The number of tetrazole rings is 1. The van der Waals surface area contributed by atoms with Crippen molar-refractivity contribution >= 4 is 5.95 Å². The SMILES string of the molecule is C[C@@H](Nc1nnnn1-c1ccccc1)c1ccc(-n2cncn2)cc1. The smallest absolute Gasteiger partial charge is 0.248 e. The first kappa shape index (κ1) is 15.0. The third-order valence-electron chi connectivity index (χ3n) is 3.89. The van der Waals surface area contributed by atoms with Gasteiger partial charge in [-0.15, -0.1) is 0 Å². The molecule has 0 saturated heterocycles. The Hall–Kier alpha value is -3.55. The number of hydrogen-bond donors (Lipinski definition) is 1. The van der Waals surface area contributed by atoms with Crippen molar-refractivity contribution in [2.75, 3.05) is 5.32 Å². The third-order valence-corrected chi connectivity index (χ3v) is 3.89. The average molecular weight is 332 g/mol. The van der Waals surface area contributed by atoms with Crippen molar-refractivity contribution in [1.29, 1.82) is 0 Å². The largest absolute Gasteiger partial charge is 0.346 e. The molecule has 0 aliphatic carbocycles. The van der Waals surface area contributed by atoms with Crippen LogP contribution in [0.2, 0.25) is 0 Å². The maximum absolute atomic E-state index is 4.13. The lowest BCUT2D eigenvalue weighted by Crippen LogP contribution is -2.12. The summed E-state index contributed by atoms with van der Waals surface area (Å²) in [6.07, 6.45) is 3.19. The standard InChI is InChI=1S/C17H16N8/c1-13(14-7-9-15(10-8-14)24-12-18-11-19-24)20-17-21-22-23-25(17)16-5-3-2-4-6-16/h2-13H,1H3,(H,20,21,23)/t13-/m1/s1. The van der Waals surface area contributed by atoms with E-state index in [1.807, 2.05) is 54.6 Å². The Morgan fingerprint density at radius 2 is 1.76 bits per heavy atom. The normalized spacial score (nSPS) is 12.0. The summed E-state index contributed by atoms with van der Waals surface area (Å²) in [5, 5.41) is 19.4. The van der Waals surface area contributed by atoms with Crippen molar-refractivity contribution < 1.29 is 0 Å². The minimum Gasteiger partial charge on any atom is -0.346 e. The van der Waals surface area contributed by atoms with Gasteiger partial charge in [0.15, 0.2) is 0 Å². The molecule has 2 aromatic carbocycles. The lowest BCUT2D eigenvalue weighted by molar-refractivity contribution is 0.780. The number of nitrogens with zero attached hydrogens (tertiary/aromatic N) is 7. The van der Waals surface area contributed by atoms with E-state index in [4.69, 9.17) is 0 Å². The molecular formula is C17H16N8. The Bertz CT molecular complexity index is 928. The molecule has 124 valence electrons. The van der Waals surface area contributed by atoms with E-state index in [1.165, 1.54) is 6.33 Å². The summed E-state index contributed by atoms with van der Waals surface area (Å²) in [5.41, 5.74) is 2.98. The molecule has 0 spiro atoms. The van der Waals surface area contributed by atoms with Gasteiger partial charge in [0.05, 0.1) is 17.4 Å². The zero-order chi connectivity index (χ0) is 17.1. The second kappa shape index (κ2) is 6.52. The number of para-hydroxylation sites is 1. The van der Waals surface area contributed by atoms with Crippen molar-refractivity contribution in [3.63, 3.8) is 0 Å². The molecule has 0 radical (unpaired) electrons. The summed E-state index contributed by atoms with van der Waals surface area (Å²) < 4.78 is 3.40. The van der Waals surface area contributed by atoms with Crippen molar-refractivity contribution in [1.82, 2.24) is 35.0 Å². The van der Waals surface area contributed by atoms with E-state index in [1.54, 1.807) is 15.7 Å². The van der Waals surface area contributed by atoms with E-state index in [2.05, 4.69) is 37.8 Å². The monoisotopic (exact) mass is 332 g/mol. The highest BCUT2D eigenvalue weighted by atomic mass is 15.6. The quantitative estimate of drug-likeness (QED) is 0.604. The van der Waals surface area contributed by atoms with Gasteiger partial charge in [0.25, 0.3) is 0 Å². The summed E-state index contributed by atoms with van der Waals surface area (Å²) in [7, 11) is 0. The predicted octanol–water partition coefficient (Wildman–Crippen LogP) is 2.42. The van der Waals surface area contributed by atoms with E-state index < -0.39 is 0 Å². The summed E-state index contributed by atoms with van der Waals surface area (Å²) in [4.78, 5) is 3.96. The van der Waals surface area contributed by atoms with Crippen LogP contribution in [-0.2, 0) is 0 Å². The number of benzene rings is 2. The van der Waals surface area contributed by atoms with Crippen molar-refractivity contribution in [2.24, 2.45) is 0 Å². The molecule has 1 atom stereocenters. The minimum absolute atomic E-state index is 0.0401. The van der Waals surface area contributed by atoms with E-state index in [0.29, 0.717) is 5.95 Å². The first-order valence-electron chi connectivity index (χ1n) is 7.86. The Kier molecular flexibility index (Phi) is 3.91. The summed E-state index contributed by atoms with van der Waals surface area (Å²) in [6, 6.07) is 17.9. The van der Waals surface area contributed by atoms with Gasteiger partial charge in [0.1, 0.15) is 12.7 Å². The van der Waals surface area contributed by atoms with E-state index in [0.717, 1.165) is 16.9 Å². The van der Waals surface area contributed by atoms with Gasteiger partial charge in [-0.3, -0.25) is 0 Å². The molecular weight excluding hydrogens is 316 g/mol. The molecule has 4 aromatic rings. The fraction of sp³-hybridized carbons (Fsp3) is 0.118. The average Bonchev–Trinajstić information content (AvgIpc) is 3.35. The predicted molar refractivity (Wildman–Crippen MR) is 92.6 cm³/mol. The van der Waals surface area contributed by atoms with Gasteiger partial charge in [0, 0.05) is 0 Å². The number of anilines is 1. The van der Waals surface area contributed by atoms with Crippen LogP contribution in [0.4, 0.5) is 5.95 Å². The van der Waals surface area contributed by atoms with Crippen LogP contribution < -0.4 is 5.32 Å². The van der Waals surface area contributed by atoms with Crippen LogP contribution in [-0.4, -0.2) is 35.0 Å². The number of aromatic nitrogens is 7. The molecule has 0 unspecified atom stereocenters. The lowest BCUT2D eigenvalue weighted by atomic mass is 10.1. The molecule has 8 heteroatoms. The minimum atomic E-state index is 0.0401. The van der Waals surface area contributed by atoms with Gasteiger partial charge in [-0.2, -0.15) is 9.78 Å². The second-order valence-electron chi connectivity index (χ2n) is 5.55. The Labute approximate surface area is 144 Å². The Balaban J connectivity index is 1.53. The van der Waals surface area contributed by atoms with Gasteiger partial charge < -0.3 is 5.32 Å². The Morgan fingerprint density at radius 3 is 2.48 bits per heavy atom. The van der Waals surface area contributed by atoms with E-state index in [-0.39, 0.29) is 6.04 Å². The van der Waals surface area contributed by atoms with Crippen molar-refractivity contribution in [3.05, 3.63) is 72.8 Å². The summed E-state index contributed by atoms with van der Waals surface area (Å²) in [6.45, 7) is 2.06. The molecule has 0 saturated carbocycles. The van der Waals surface area contributed by atoms with E-state index in [9.17, 15) is 0 Å². The highest BCUT2D eigenvalue weighted by Crippen LogP contribution is 2.20. The maximum Gasteiger partial charge on any atom is 0.248 e. The molecule has 2 aromatic heterocycles. The molecule has 0 aliphatic rings. The van der Waals surface area contributed by atoms with E-state index >= 15 is 0 Å². The summed E-state index contributed by atoms with van der Waals surface area (Å²) in [5.74, 6) is 0.596. The van der Waals surface area contributed by atoms with Gasteiger partial charge in [-0.25, -0.2) is 9.67 Å². The topological polar surface area (TPSA) is 86.3 Å². The molecule has 0 aliphatic heterocycles. The number of hydrogen-bond acceptors (Lipinski definition) is 6. The Morgan fingerprint density at radius 1 is 0.960 bits per heavy atom. The second-order valence-corrected chi connectivity index (χ2v) is 5.55. The van der Waals surface area contributed by atoms with Crippen LogP contribution in [0.15, 0.2) is 67.3 Å². The molecule has 0 bridgehead atoms. The van der Waals surface area contributed by atoms with Crippen molar-refractivity contribution in [3.8, 4) is 11.4 Å².